The van der Waals surface area contributed by atoms with Crippen molar-refractivity contribution in [3.63, 3.8) is 0 Å². The number of hydrogen-bond acceptors (Lipinski definition) is 2. The first-order chi connectivity index (χ1) is 13.9. The van der Waals surface area contributed by atoms with Gasteiger partial charge in [-0.3, -0.25) is 4.57 Å². The van der Waals surface area contributed by atoms with Crippen LogP contribution in [-0.4, -0.2) is 16.2 Å². The van der Waals surface area contributed by atoms with Gasteiger partial charge in [0, 0.05) is 11.3 Å². The first-order valence-corrected chi connectivity index (χ1v) is 10.1. The monoisotopic (exact) mass is 370 g/mol. The summed E-state index contributed by atoms with van der Waals surface area (Å²) in [7, 11) is 0. The molecule has 0 radical (unpaired) electrons. The number of aromatic nitrogens is 2. The molecule has 142 valence electrons. The van der Waals surface area contributed by atoms with E-state index in [0.29, 0.717) is 0 Å². The molecule has 4 aromatic rings. The topological polar surface area (TPSA) is 27.1 Å². The van der Waals surface area contributed by atoms with Gasteiger partial charge in [-0.05, 0) is 55.0 Å². The summed E-state index contributed by atoms with van der Waals surface area (Å²) in [6, 6.07) is 26.9. The molecule has 0 unspecified atom stereocenters. The van der Waals surface area contributed by atoms with E-state index in [1.807, 2.05) is 24.3 Å². The Balaban J connectivity index is 1.62. The highest BCUT2D eigenvalue weighted by molar-refractivity contribution is 5.83. The van der Waals surface area contributed by atoms with Gasteiger partial charge >= 0.3 is 0 Å². The van der Waals surface area contributed by atoms with E-state index in [4.69, 9.17) is 9.72 Å². The molecule has 0 fully saturated rings. The standard InChI is InChI=1S/C25H26N2O/c1-2-3-4-10-19-28-22-17-15-20(16-18-22)25-26-23-13-8-9-14-24(23)27(25)21-11-6-5-7-12-21/h5-9,11-18H,2-4,10,19H2,1H3. The van der Waals surface area contributed by atoms with E-state index in [1.165, 1.54) is 19.3 Å². The van der Waals surface area contributed by atoms with Gasteiger partial charge in [-0.15, -0.1) is 0 Å². The number of imidazole rings is 1. The fourth-order valence-electron chi connectivity index (χ4n) is 3.48. The van der Waals surface area contributed by atoms with Crippen molar-refractivity contribution in [3.05, 3.63) is 78.9 Å². The van der Waals surface area contributed by atoms with Crippen molar-refractivity contribution in [1.82, 2.24) is 9.55 Å². The Morgan fingerprint density at radius 2 is 1.54 bits per heavy atom. The lowest BCUT2D eigenvalue weighted by Gasteiger charge is -2.10. The fourth-order valence-corrected chi connectivity index (χ4v) is 3.48. The van der Waals surface area contributed by atoms with Crippen molar-refractivity contribution in [2.24, 2.45) is 0 Å². The molecule has 1 aromatic heterocycles. The van der Waals surface area contributed by atoms with Crippen LogP contribution in [-0.2, 0) is 0 Å². The van der Waals surface area contributed by atoms with Gasteiger partial charge in [0.1, 0.15) is 11.6 Å². The molecule has 3 aromatic carbocycles. The number of para-hydroxylation sites is 3. The number of unbranched alkanes of at least 4 members (excludes halogenated alkanes) is 3. The molecule has 0 saturated carbocycles. The second kappa shape index (κ2) is 8.75. The van der Waals surface area contributed by atoms with E-state index < -0.39 is 0 Å². The predicted octanol–water partition coefficient (Wildman–Crippen LogP) is 6.65. The zero-order chi connectivity index (χ0) is 19.2. The third-order valence-electron chi connectivity index (χ3n) is 4.95. The Labute approximate surface area is 166 Å². The Bertz CT molecular complexity index is 1020. The molecule has 0 aliphatic heterocycles. The number of nitrogens with zero attached hydrogens (tertiary/aromatic N) is 2. The number of ether oxygens (including phenoxy) is 1. The number of fused-ring (bicyclic) bond motifs is 1. The lowest BCUT2D eigenvalue weighted by atomic mass is 10.2. The molecule has 0 aliphatic carbocycles. The molecule has 3 heteroatoms. The van der Waals surface area contributed by atoms with Gasteiger partial charge in [0.25, 0.3) is 0 Å². The second-order valence-corrected chi connectivity index (χ2v) is 7.03. The molecule has 0 bridgehead atoms. The van der Waals surface area contributed by atoms with Crippen molar-refractivity contribution >= 4 is 11.0 Å². The van der Waals surface area contributed by atoms with Gasteiger partial charge in [0.2, 0.25) is 0 Å². The van der Waals surface area contributed by atoms with Crippen molar-refractivity contribution in [1.29, 1.82) is 0 Å². The Morgan fingerprint density at radius 1 is 0.786 bits per heavy atom. The highest BCUT2D eigenvalue weighted by Gasteiger charge is 2.13. The van der Waals surface area contributed by atoms with Crippen molar-refractivity contribution < 1.29 is 4.74 Å². The lowest BCUT2D eigenvalue weighted by molar-refractivity contribution is 0.305. The summed E-state index contributed by atoms with van der Waals surface area (Å²) in [5.41, 5.74) is 4.30. The van der Waals surface area contributed by atoms with Crippen LogP contribution in [0.25, 0.3) is 28.1 Å². The maximum Gasteiger partial charge on any atom is 0.145 e. The van der Waals surface area contributed by atoms with Crippen LogP contribution in [0.4, 0.5) is 0 Å². The third kappa shape index (κ3) is 3.94. The summed E-state index contributed by atoms with van der Waals surface area (Å²) in [5.74, 6) is 1.87. The summed E-state index contributed by atoms with van der Waals surface area (Å²) in [4.78, 5) is 4.91. The lowest BCUT2D eigenvalue weighted by Crippen LogP contribution is -1.98. The first-order valence-electron chi connectivity index (χ1n) is 10.1. The van der Waals surface area contributed by atoms with E-state index >= 15 is 0 Å². The molecule has 0 atom stereocenters. The Kier molecular flexibility index (Phi) is 5.72. The number of benzene rings is 3. The SMILES string of the molecule is CCCCCCOc1ccc(-c2nc3ccccc3n2-c2ccccc2)cc1. The molecule has 0 spiro atoms. The molecule has 4 rings (SSSR count). The highest BCUT2D eigenvalue weighted by Crippen LogP contribution is 2.29. The van der Waals surface area contributed by atoms with Crippen LogP contribution < -0.4 is 4.74 Å². The van der Waals surface area contributed by atoms with Gasteiger partial charge < -0.3 is 4.74 Å². The minimum absolute atomic E-state index is 0.780. The summed E-state index contributed by atoms with van der Waals surface area (Å²) < 4.78 is 8.11. The summed E-state index contributed by atoms with van der Waals surface area (Å²) in [5, 5.41) is 0. The van der Waals surface area contributed by atoms with Crippen LogP contribution in [0.5, 0.6) is 5.75 Å². The first kappa shape index (κ1) is 18.3. The fraction of sp³-hybridized carbons (Fsp3) is 0.240. The molecule has 3 nitrogen and oxygen atoms in total. The number of hydrogen-bond donors (Lipinski definition) is 0. The predicted molar refractivity (Wildman–Crippen MR) is 116 cm³/mol. The van der Waals surface area contributed by atoms with Crippen LogP contribution in [0.3, 0.4) is 0 Å². The van der Waals surface area contributed by atoms with E-state index in [2.05, 4.69) is 66.1 Å². The van der Waals surface area contributed by atoms with Crippen LogP contribution in [0.1, 0.15) is 32.6 Å². The summed E-state index contributed by atoms with van der Waals surface area (Å²) in [6.45, 7) is 3.00. The largest absolute Gasteiger partial charge is 0.494 e. The van der Waals surface area contributed by atoms with Gasteiger partial charge in [-0.1, -0.05) is 56.5 Å². The second-order valence-electron chi connectivity index (χ2n) is 7.03. The normalized spacial score (nSPS) is 11.0. The molecule has 0 aliphatic rings. The maximum atomic E-state index is 5.89. The van der Waals surface area contributed by atoms with E-state index in [-0.39, 0.29) is 0 Å². The van der Waals surface area contributed by atoms with E-state index in [9.17, 15) is 0 Å². The molecular weight excluding hydrogens is 344 g/mol. The quantitative estimate of drug-likeness (QED) is 0.325. The summed E-state index contributed by atoms with van der Waals surface area (Å²) >= 11 is 0. The molecule has 0 saturated heterocycles. The smallest absolute Gasteiger partial charge is 0.145 e. The van der Waals surface area contributed by atoms with Crippen molar-refractivity contribution in [3.8, 4) is 22.8 Å². The highest BCUT2D eigenvalue weighted by atomic mass is 16.5. The molecule has 0 N–H and O–H groups in total. The van der Waals surface area contributed by atoms with Crippen LogP contribution in [0.2, 0.25) is 0 Å². The average molecular weight is 370 g/mol. The van der Waals surface area contributed by atoms with Crippen LogP contribution in [0, 0.1) is 0 Å². The van der Waals surface area contributed by atoms with E-state index in [0.717, 1.165) is 46.9 Å². The van der Waals surface area contributed by atoms with E-state index in [1.54, 1.807) is 0 Å². The van der Waals surface area contributed by atoms with Crippen LogP contribution >= 0.6 is 0 Å². The van der Waals surface area contributed by atoms with Crippen molar-refractivity contribution in [2.75, 3.05) is 6.61 Å². The van der Waals surface area contributed by atoms with Crippen molar-refractivity contribution in [2.45, 2.75) is 32.6 Å². The minimum atomic E-state index is 0.780. The molecule has 28 heavy (non-hydrogen) atoms. The third-order valence-corrected chi connectivity index (χ3v) is 4.95. The van der Waals surface area contributed by atoms with Crippen LogP contribution in [0.15, 0.2) is 78.9 Å². The zero-order valence-corrected chi connectivity index (χ0v) is 16.3. The van der Waals surface area contributed by atoms with Gasteiger partial charge in [0.05, 0.1) is 17.6 Å². The van der Waals surface area contributed by atoms with Gasteiger partial charge in [-0.2, -0.15) is 0 Å². The molecule has 0 amide bonds. The van der Waals surface area contributed by atoms with Gasteiger partial charge in [0.15, 0.2) is 0 Å². The minimum Gasteiger partial charge on any atom is -0.494 e. The Hall–Kier alpha value is -3.07. The number of rotatable bonds is 8. The molecule has 1 heterocycles. The zero-order valence-electron chi connectivity index (χ0n) is 16.3. The van der Waals surface area contributed by atoms with Gasteiger partial charge in [-0.25, -0.2) is 4.98 Å². The molecular formula is C25H26N2O. The average Bonchev–Trinajstić information content (AvgIpc) is 3.14. The Morgan fingerprint density at radius 3 is 2.32 bits per heavy atom. The maximum absolute atomic E-state index is 5.89. The summed E-state index contributed by atoms with van der Waals surface area (Å²) in [6.07, 6.45) is 4.87.